The van der Waals surface area contributed by atoms with Gasteiger partial charge in [0.05, 0.1) is 9.35 Å². The molecule has 0 saturated carbocycles. The zero-order valence-electron chi connectivity index (χ0n) is 10.4. The number of anilines is 1. The molecule has 0 saturated heterocycles. The van der Waals surface area contributed by atoms with Crippen LogP contribution in [0.2, 0.25) is 5.15 Å². The molecule has 0 aliphatic rings. The van der Waals surface area contributed by atoms with E-state index in [0.717, 1.165) is 9.35 Å². The number of carbonyl (C=O) groups excluding carboxylic acids is 1. The van der Waals surface area contributed by atoms with E-state index in [0.29, 0.717) is 30.0 Å². The Morgan fingerprint density at radius 1 is 1.53 bits per heavy atom. The Hall–Kier alpha value is -0.980. The van der Waals surface area contributed by atoms with Crippen LogP contribution in [-0.2, 0) is 6.54 Å². The lowest BCUT2D eigenvalue weighted by molar-refractivity contribution is 0.112. The number of aromatic nitrogens is 2. The van der Waals surface area contributed by atoms with Gasteiger partial charge in [-0.05, 0) is 39.9 Å². The van der Waals surface area contributed by atoms with Crippen molar-refractivity contribution >= 4 is 51.0 Å². The van der Waals surface area contributed by atoms with E-state index in [1.165, 1.54) is 0 Å². The molecular formula is C12H11BrClN3OS. The number of aldehydes is 1. The number of nitrogens with zero attached hydrogens (tertiary/aromatic N) is 3. The van der Waals surface area contributed by atoms with E-state index in [-0.39, 0.29) is 5.15 Å². The van der Waals surface area contributed by atoms with Gasteiger partial charge in [-0.2, -0.15) is 0 Å². The lowest BCUT2D eigenvalue weighted by Gasteiger charge is -2.19. The summed E-state index contributed by atoms with van der Waals surface area (Å²) in [5, 5.41) is 2.24. The highest BCUT2D eigenvalue weighted by Crippen LogP contribution is 2.26. The molecule has 2 heterocycles. The van der Waals surface area contributed by atoms with Gasteiger partial charge in [-0.3, -0.25) is 4.79 Å². The van der Waals surface area contributed by atoms with Crippen LogP contribution in [0.1, 0.15) is 21.7 Å². The van der Waals surface area contributed by atoms with E-state index in [1.54, 1.807) is 18.3 Å². The Bertz CT molecular complexity index is 617. The maximum absolute atomic E-state index is 11.1. The van der Waals surface area contributed by atoms with Gasteiger partial charge in [0, 0.05) is 13.6 Å². The molecule has 0 N–H and O–H groups in total. The fraction of sp³-hybridized carbons (Fsp3) is 0.250. The summed E-state index contributed by atoms with van der Waals surface area (Å²) in [4.78, 5) is 21.3. The van der Waals surface area contributed by atoms with E-state index in [4.69, 9.17) is 11.6 Å². The molecule has 2 aromatic rings. The number of hydrogen-bond donors (Lipinski definition) is 0. The molecule has 7 heteroatoms. The van der Waals surface area contributed by atoms with Gasteiger partial charge in [0.25, 0.3) is 0 Å². The van der Waals surface area contributed by atoms with Gasteiger partial charge >= 0.3 is 0 Å². The van der Waals surface area contributed by atoms with Crippen molar-refractivity contribution in [3.8, 4) is 0 Å². The van der Waals surface area contributed by atoms with Crippen molar-refractivity contribution in [1.29, 1.82) is 0 Å². The first-order valence-corrected chi connectivity index (χ1v) is 7.49. The van der Waals surface area contributed by atoms with Gasteiger partial charge in [-0.25, -0.2) is 9.97 Å². The molecule has 19 heavy (non-hydrogen) atoms. The fourth-order valence-corrected chi connectivity index (χ4v) is 3.15. The summed E-state index contributed by atoms with van der Waals surface area (Å²) < 4.78 is 1.07. The van der Waals surface area contributed by atoms with E-state index >= 15 is 0 Å². The van der Waals surface area contributed by atoms with Crippen molar-refractivity contribution in [1.82, 2.24) is 9.97 Å². The van der Waals surface area contributed by atoms with Gasteiger partial charge < -0.3 is 4.90 Å². The first kappa shape index (κ1) is 14.4. The normalized spacial score (nSPS) is 10.5. The van der Waals surface area contributed by atoms with E-state index in [1.807, 2.05) is 18.0 Å². The van der Waals surface area contributed by atoms with Gasteiger partial charge in [0.2, 0.25) is 0 Å². The molecule has 0 amide bonds. The first-order valence-electron chi connectivity index (χ1n) is 5.44. The van der Waals surface area contributed by atoms with E-state index in [9.17, 15) is 4.79 Å². The summed E-state index contributed by atoms with van der Waals surface area (Å²) in [6.07, 6.45) is 0.692. The Kier molecular flexibility index (Phi) is 4.54. The third-order valence-corrected chi connectivity index (χ3v) is 4.35. The zero-order chi connectivity index (χ0) is 14.0. The molecule has 0 aliphatic carbocycles. The molecule has 0 spiro atoms. The van der Waals surface area contributed by atoms with Crippen molar-refractivity contribution < 1.29 is 4.79 Å². The molecule has 0 bridgehead atoms. The van der Waals surface area contributed by atoms with Crippen molar-refractivity contribution in [2.75, 3.05) is 11.9 Å². The number of thiophene rings is 1. The number of hydrogen-bond acceptors (Lipinski definition) is 5. The Labute approximate surface area is 128 Å². The van der Waals surface area contributed by atoms with Crippen LogP contribution in [0.3, 0.4) is 0 Å². The topological polar surface area (TPSA) is 46.1 Å². The monoisotopic (exact) mass is 359 g/mol. The molecule has 0 aromatic carbocycles. The highest BCUT2D eigenvalue weighted by molar-refractivity contribution is 9.11. The predicted octanol–water partition coefficient (Wildman–Crippen LogP) is 3.71. The third-order valence-electron chi connectivity index (χ3n) is 2.51. The fourth-order valence-electron chi connectivity index (χ4n) is 1.70. The summed E-state index contributed by atoms with van der Waals surface area (Å²) in [7, 11) is 1.87. The van der Waals surface area contributed by atoms with Crippen LogP contribution in [0.4, 0.5) is 5.82 Å². The van der Waals surface area contributed by atoms with Gasteiger partial charge in [-0.1, -0.05) is 11.6 Å². The van der Waals surface area contributed by atoms with Crippen LogP contribution in [0, 0.1) is 6.92 Å². The molecule has 0 radical (unpaired) electrons. The largest absolute Gasteiger partial charge is 0.355 e. The van der Waals surface area contributed by atoms with Gasteiger partial charge in [-0.15, -0.1) is 11.3 Å². The highest BCUT2D eigenvalue weighted by Gasteiger charge is 2.15. The van der Waals surface area contributed by atoms with Crippen LogP contribution in [0.15, 0.2) is 15.2 Å². The van der Waals surface area contributed by atoms with E-state index in [2.05, 4.69) is 31.3 Å². The van der Waals surface area contributed by atoms with Gasteiger partial charge in [0.1, 0.15) is 16.8 Å². The molecular weight excluding hydrogens is 350 g/mol. The second-order valence-corrected chi connectivity index (χ2v) is 6.68. The van der Waals surface area contributed by atoms with Crippen molar-refractivity contribution in [2.24, 2.45) is 0 Å². The van der Waals surface area contributed by atoms with Crippen LogP contribution < -0.4 is 4.90 Å². The Balaban J connectivity index is 2.32. The summed E-state index contributed by atoms with van der Waals surface area (Å²) in [5.74, 6) is 1.10. The second-order valence-electron chi connectivity index (χ2n) is 4.03. The molecule has 2 rings (SSSR count). The van der Waals surface area contributed by atoms with Crippen LogP contribution in [0.25, 0.3) is 0 Å². The highest BCUT2D eigenvalue weighted by atomic mass is 79.9. The predicted molar refractivity (Wildman–Crippen MR) is 81.3 cm³/mol. The number of halogens is 2. The quantitative estimate of drug-likeness (QED) is 0.616. The van der Waals surface area contributed by atoms with E-state index < -0.39 is 0 Å². The minimum atomic E-state index is 0.191. The lowest BCUT2D eigenvalue weighted by Crippen LogP contribution is -2.20. The summed E-state index contributed by atoms with van der Waals surface area (Å²) in [6, 6.07) is 2.04. The zero-order valence-corrected chi connectivity index (χ0v) is 13.5. The summed E-state index contributed by atoms with van der Waals surface area (Å²) in [5.41, 5.74) is 1.47. The molecule has 0 fully saturated rings. The van der Waals surface area contributed by atoms with Gasteiger partial charge in [0.15, 0.2) is 6.29 Å². The summed E-state index contributed by atoms with van der Waals surface area (Å²) in [6.45, 7) is 2.40. The number of carbonyl (C=O) groups is 1. The molecule has 100 valence electrons. The second kappa shape index (κ2) is 5.98. The minimum Gasteiger partial charge on any atom is -0.355 e. The smallest absolute Gasteiger partial charge is 0.156 e. The molecule has 0 atom stereocenters. The van der Waals surface area contributed by atoms with Crippen LogP contribution in [-0.4, -0.2) is 23.3 Å². The molecule has 2 aromatic heterocycles. The lowest BCUT2D eigenvalue weighted by atomic mass is 10.2. The maximum Gasteiger partial charge on any atom is 0.156 e. The van der Waals surface area contributed by atoms with Crippen molar-refractivity contribution in [2.45, 2.75) is 13.5 Å². The van der Waals surface area contributed by atoms with Crippen LogP contribution in [0.5, 0.6) is 0 Å². The molecule has 0 unspecified atom stereocenters. The average molecular weight is 361 g/mol. The Morgan fingerprint density at radius 2 is 2.26 bits per heavy atom. The van der Waals surface area contributed by atoms with Crippen molar-refractivity contribution in [3.05, 3.63) is 37.3 Å². The number of rotatable bonds is 4. The number of aryl methyl sites for hydroxylation is 1. The third kappa shape index (κ3) is 3.32. The first-order chi connectivity index (χ1) is 9.01. The Morgan fingerprint density at radius 3 is 2.84 bits per heavy atom. The van der Waals surface area contributed by atoms with Crippen LogP contribution >= 0.6 is 38.9 Å². The van der Waals surface area contributed by atoms with Crippen molar-refractivity contribution in [3.63, 3.8) is 0 Å². The molecule has 0 aliphatic heterocycles. The average Bonchev–Trinajstić information content (AvgIpc) is 2.73. The summed E-state index contributed by atoms with van der Waals surface area (Å²) >= 11 is 11.0. The maximum atomic E-state index is 11.1. The minimum absolute atomic E-state index is 0.191. The standard InChI is InChI=1S/C12H11BrClN3OS/c1-7-15-11(14)9(5-18)12(16-7)17(2)4-8-3-10(13)19-6-8/h3,5-6H,4H2,1-2H3. The molecule has 4 nitrogen and oxygen atoms in total. The SMILES string of the molecule is Cc1nc(Cl)c(C=O)c(N(C)Cc2csc(Br)c2)n1.